The van der Waals surface area contributed by atoms with Crippen LogP contribution in [0.2, 0.25) is 0 Å². The molecule has 28 heavy (non-hydrogen) atoms. The van der Waals surface area contributed by atoms with E-state index in [-0.39, 0.29) is 5.75 Å². The Morgan fingerprint density at radius 3 is 2.00 bits per heavy atom. The summed E-state index contributed by atoms with van der Waals surface area (Å²) >= 11 is 0. The highest BCUT2D eigenvalue weighted by Gasteiger charge is 2.31. The van der Waals surface area contributed by atoms with E-state index in [1.54, 1.807) is 19.2 Å². The first-order valence-electron chi connectivity index (χ1n) is 9.56. The van der Waals surface area contributed by atoms with Crippen molar-refractivity contribution in [2.75, 3.05) is 13.7 Å². The van der Waals surface area contributed by atoms with Crippen molar-refractivity contribution in [1.29, 1.82) is 0 Å². The van der Waals surface area contributed by atoms with Gasteiger partial charge in [-0.15, -0.1) is 13.2 Å². The van der Waals surface area contributed by atoms with Gasteiger partial charge in [0.15, 0.2) is 0 Å². The Morgan fingerprint density at radius 1 is 0.893 bits per heavy atom. The van der Waals surface area contributed by atoms with Crippen LogP contribution in [-0.4, -0.2) is 20.1 Å². The molecular weight excluding hydrogens is 365 g/mol. The lowest BCUT2D eigenvalue weighted by atomic mass is 9.78. The van der Waals surface area contributed by atoms with E-state index in [1.807, 2.05) is 12.1 Å². The first kappa shape index (κ1) is 20.5. The molecule has 1 aliphatic rings. The summed E-state index contributed by atoms with van der Waals surface area (Å²) in [6.07, 6.45) is 4.43. The highest BCUT2D eigenvalue weighted by Crippen LogP contribution is 2.37. The molecule has 0 aliphatic heterocycles. The summed E-state index contributed by atoms with van der Waals surface area (Å²) in [6.45, 7) is 0.671. The SMILES string of the molecule is COCC=CC1CCC(c2ccc(-c3ccc(OC(F)(F)F)cc3)cc2)CC1. The van der Waals surface area contributed by atoms with Crippen molar-refractivity contribution in [3.63, 3.8) is 0 Å². The van der Waals surface area contributed by atoms with E-state index in [2.05, 4.69) is 29.0 Å². The Kier molecular flexibility index (Phi) is 6.79. The van der Waals surface area contributed by atoms with Gasteiger partial charge in [0.1, 0.15) is 5.75 Å². The molecule has 3 rings (SSSR count). The van der Waals surface area contributed by atoms with E-state index in [9.17, 15) is 13.2 Å². The summed E-state index contributed by atoms with van der Waals surface area (Å²) in [5.74, 6) is 1.01. The normalized spacial score (nSPS) is 20.4. The van der Waals surface area contributed by atoms with E-state index < -0.39 is 6.36 Å². The van der Waals surface area contributed by atoms with Crippen LogP contribution in [0.4, 0.5) is 13.2 Å². The van der Waals surface area contributed by atoms with E-state index in [0.29, 0.717) is 18.4 Å². The van der Waals surface area contributed by atoms with E-state index in [0.717, 1.165) is 11.1 Å². The summed E-state index contributed by atoms with van der Waals surface area (Å²) in [5, 5.41) is 0. The van der Waals surface area contributed by atoms with Gasteiger partial charge in [0.2, 0.25) is 0 Å². The van der Waals surface area contributed by atoms with Gasteiger partial charge in [0.25, 0.3) is 0 Å². The maximum absolute atomic E-state index is 12.3. The topological polar surface area (TPSA) is 18.5 Å². The second kappa shape index (κ2) is 9.28. The first-order valence-corrected chi connectivity index (χ1v) is 9.56. The fourth-order valence-corrected chi connectivity index (χ4v) is 3.79. The molecule has 0 saturated heterocycles. The molecule has 1 saturated carbocycles. The fourth-order valence-electron chi connectivity index (χ4n) is 3.79. The molecule has 0 bridgehead atoms. The number of alkyl halides is 3. The van der Waals surface area contributed by atoms with Crippen molar-refractivity contribution in [2.24, 2.45) is 5.92 Å². The smallest absolute Gasteiger partial charge is 0.406 e. The van der Waals surface area contributed by atoms with E-state index >= 15 is 0 Å². The zero-order chi connectivity index (χ0) is 20.0. The molecule has 150 valence electrons. The van der Waals surface area contributed by atoms with Crippen LogP contribution >= 0.6 is 0 Å². The number of benzene rings is 2. The van der Waals surface area contributed by atoms with Gasteiger partial charge >= 0.3 is 6.36 Å². The Morgan fingerprint density at radius 2 is 1.46 bits per heavy atom. The molecule has 5 heteroatoms. The fraction of sp³-hybridized carbons (Fsp3) is 0.391. The van der Waals surface area contributed by atoms with Gasteiger partial charge in [0.05, 0.1) is 6.61 Å². The largest absolute Gasteiger partial charge is 0.573 e. The number of rotatable bonds is 6. The molecule has 1 fully saturated rings. The highest BCUT2D eigenvalue weighted by atomic mass is 19.4. The molecule has 0 radical (unpaired) electrons. The minimum atomic E-state index is -4.66. The number of ether oxygens (including phenoxy) is 2. The van der Waals surface area contributed by atoms with Crippen molar-refractivity contribution < 1.29 is 22.6 Å². The zero-order valence-corrected chi connectivity index (χ0v) is 15.9. The maximum atomic E-state index is 12.3. The Hall–Kier alpha value is -2.27. The van der Waals surface area contributed by atoms with Crippen LogP contribution in [0.5, 0.6) is 5.75 Å². The summed E-state index contributed by atoms with van der Waals surface area (Å²) < 4.78 is 45.7. The molecule has 2 nitrogen and oxygen atoms in total. The average Bonchev–Trinajstić information content (AvgIpc) is 2.68. The Labute approximate surface area is 164 Å². The third-order valence-corrected chi connectivity index (χ3v) is 5.25. The predicted octanol–water partition coefficient (Wildman–Crippen LogP) is 6.73. The monoisotopic (exact) mass is 390 g/mol. The Balaban J connectivity index is 1.58. The molecular formula is C23H25F3O2. The van der Waals surface area contributed by atoms with Crippen LogP contribution < -0.4 is 4.74 Å². The van der Waals surface area contributed by atoms with Gasteiger partial charge in [-0.3, -0.25) is 0 Å². The van der Waals surface area contributed by atoms with Crippen molar-refractivity contribution >= 4 is 0 Å². The molecule has 0 N–H and O–H groups in total. The average molecular weight is 390 g/mol. The lowest BCUT2D eigenvalue weighted by Gasteiger charge is -2.27. The molecule has 0 aromatic heterocycles. The summed E-state index contributed by atoms with van der Waals surface area (Å²) in [7, 11) is 1.70. The molecule has 0 spiro atoms. The summed E-state index contributed by atoms with van der Waals surface area (Å²) in [5.41, 5.74) is 3.19. The van der Waals surface area contributed by atoms with Gasteiger partial charge in [-0.05, 0) is 66.3 Å². The van der Waals surface area contributed by atoms with Crippen molar-refractivity contribution in [3.05, 3.63) is 66.2 Å². The van der Waals surface area contributed by atoms with Crippen LogP contribution in [0.3, 0.4) is 0 Å². The standard InChI is InChI=1S/C23H25F3O2/c1-27-16-2-3-17-4-6-18(7-5-17)19-8-10-20(11-9-19)21-12-14-22(15-13-21)28-23(24,25)26/h2-3,8-15,17-18H,4-7,16H2,1H3. The maximum Gasteiger partial charge on any atom is 0.573 e. The van der Waals surface area contributed by atoms with E-state index in [4.69, 9.17) is 4.74 Å². The minimum absolute atomic E-state index is 0.204. The summed E-state index contributed by atoms with van der Waals surface area (Å²) in [6, 6.07) is 14.3. The molecule has 0 amide bonds. The molecule has 0 unspecified atom stereocenters. The second-order valence-electron chi connectivity index (χ2n) is 7.19. The molecule has 2 aromatic rings. The third-order valence-electron chi connectivity index (χ3n) is 5.25. The summed E-state index contributed by atoms with van der Waals surface area (Å²) in [4.78, 5) is 0. The van der Waals surface area contributed by atoms with Crippen LogP contribution in [0.15, 0.2) is 60.7 Å². The number of allylic oxidation sites excluding steroid dienone is 1. The van der Waals surface area contributed by atoms with Crippen molar-refractivity contribution in [1.82, 2.24) is 0 Å². The molecule has 0 atom stereocenters. The quantitative estimate of drug-likeness (QED) is 0.509. The van der Waals surface area contributed by atoms with Crippen molar-refractivity contribution in [2.45, 2.75) is 38.0 Å². The van der Waals surface area contributed by atoms with Crippen LogP contribution in [0, 0.1) is 5.92 Å². The number of halogens is 3. The lowest BCUT2D eigenvalue weighted by Crippen LogP contribution is -2.16. The zero-order valence-electron chi connectivity index (χ0n) is 15.9. The molecule has 1 aliphatic carbocycles. The second-order valence-corrected chi connectivity index (χ2v) is 7.19. The number of hydrogen-bond donors (Lipinski definition) is 0. The Bertz CT molecular complexity index is 756. The van der Waals surface area contributed by atoms with Gasteiger partial charge < -0.3 is 9.47 Å². The van der Waals surface area contributed by atoms with Gasteiger partial charge in [-0.25, -0.2) is 0 Å². The van der Waals surface area contributed by atoms with Crippen LogP contribution in [0.1, 0.15) is 37.2 Å². The molecule has 2 aromatic carbocycles. The highest BCUT2D eigenvalue weighted by molar-refractivity contribution is 5.64. The van der Waals surface area contributed by atoms with Gasteiger partial charge in [-0.2, -0.15) is 0 Å². The van der Waals surface area contributed by atoms with Gasteiger partial charge in [0, 0.05) is 7.11 Å². The molecule has 0 heterocycles. The predicted molar refractivity (Wildman–Crippen MR) is 104 cm³/mol. The minimum Gasteiger partial charge on any atom is -0.406 e. The van der Waals surface area contributed by atoms with Crippen LogP contribution in [0.25, 0.3) is 11.1 Å². The van der Waals surface area contributed by atoms with E-state index in [1.165, 1.54) is 43.4 Å². The third kappa shape index (κ3) is 5.86. The van der Waals surface area contributed by atoms with Gasteiger partial charge in [-0.1, -0.05) is 48.6 Å². The lowest BCUT2D eigenvalue weighted by molar-refractivity contribution is -0.274. The number of methoxy groups -OCH3 is 1. The van der Waals surface area contributed by atoms with Crippen molar-refractivity contribution in [3.8, 4) is 16.9 Å². The number of hydrogen-bond acceptors (Lipinski definition) is 2. The first-order chi connectivity index (χ1) is 13.4. The van der Waals surface area contributed by atoms with Crippen LogP contribution in [-0.2, 0) is 4.74 Å².